The Labute approximate surface area is 82.8 Å². The van der Waals surface area contributed by atoms with Crippen LogP contribution in [0.2, 0.25) is 0 Å². The number of aromatic nitrogens is 1. The van der Waals surface area contributed by atoms with Crippen molar-refractivity contribution in [3.63, 3.8) is 0 Å². The summed E-state index contributed by atoms with van der Waals surface area (Å²) in [5.41, 5.74) is 0. The highest BCUT2D eigenvalue weighted by atomic mass is 32.1. The Morgan fingerprint density at radius 2 is 2.31 bits per heavy atom. The third-order valence-corrected chi connectivity index (χ3v) is 3.35. The lowest BCUT2D eigenvalue weighted by Gasteiger charge is -2.11. The maximum absolute atomic E-state index is 4.26. The van der Waals surface area contributed by atoms with Gasteiger partial charge >= 0.3 is 0 Å². The van der Waals surface area contributed by atoms with Gasteiger partial charge < -0.3 is 5.32 Å². The maximum atomic E-state index is 4.26. The fourth-order valence-electron chi connectivity index (χ4n) is 1.66. The van der Waals surface area contributed by atoms with E-state index in [0.29, 0.717) is 0 Å². The highest BCUT2D eigenvalue weighted by molar-refractivity contribution is 7.15. The van der Waals surface area contributed by atoms with Crippen LogP contribution in [0.1, 0.15) is 17.7 Å². The molecule has 1 N–H and O–H groups in total. The van der Waals surface area contributed by atoms with Crippen LogP contribution in [0.4, 0.5) is 5.13 Å². The van der Waals surface area contributed by atoms with Crippen LogP contribution in [-0.4, -0.2) is 30.0 Å². The van der Waals surface area contributed by atoms with Gasteiger partial charge in [0, 0.05) is 24.7 Å². The Hall–Kier alpha value is -0.610. The highest BCUT2D eigenvalue weighted by Gasteiger charge is 2.12. The Morgan fingerprint density at radius 1 is 1.54 bits per heavy atom. The topological polar surface area (TPSA) is 28.2 Å². The van der Waals surface area contributed by atoms with E-state index in [0.717, 1.165) is 11.7 Å². The summed E-state index contributed by atoms with van der Waals surface area (Å²) in [6.45, 7) is 3.60. The normalized spacial score (nSPS) is 17.9. The molecule has 0 saturated carbocycles. The number of rotatable bonds is 3. The summed E-state index contributed by atoms with van der Waals surface area (Å²) < 4.78 is 0. The van der Waals surface area contributed by atoms with Crippen molar-refractivity contribution in [2.24, 2.45) is 0 Å². The van der Waals surface area contributed by atoms with Gasteiger partial charge in [0.05, 0.1) is 0 Å². The number of thiazole rings is 1. The molecule has 3 nitrogen and oxygen atoms in total. The van der Waals surface area contributed by atoms with E-state index in [1.165, 1.54) is 30.8 Å². The number of nitrogens with one attached hydrogen (secondary N) is 1. The zero-order valence-electron chi connectivity index (χ0n) is 7.92. The quantitative estimate of drug-likeness (QED) is 0.800. The van der Waals surface area contributed by atoms with Crippen molar-refractivity contribution in [1.29, 1.82) is 0 Å². The number of hydrogen-bond donors (Lipinski definition) is 1. The zero-order chi connectivity index (χ0) is 9.10. The molecule has 0 bridgehead atoms. The molecule has 0 aliphatic carbocycles. The predicted molar refractivity (Wildman–Crippen MR) is 56.2 cm³/mol. The molecule has 0 amide bonds. The van der Waals surface area contributed by atoms with E-state index in [9.17, 15) is 0 Å². The van der Waals surface area contributed by atoms with Gasteiger partial charge in [-0.2, -0.15) is 0 Å². The first-order chi connectivity index (χ1) is 6.38. The van der Waals surface area contributed by atoms with E-state index >= 15 is 0 Å². The number of nitrogens with zero attached hydrogens (tertiary/aromatic N) is 2. The standard InChI is InChI=1S/C9H15N3S/c1-10-9-11-6-8(13-9)7-12-4-2-3-5-12/h6H,2-5,7H2,1H3,(H,10,11). The molecule has 1 aliphatic heterocycles. The first-order valence-corrected chi connectivity index (χ1v) is 5.55. The zero-order valence-corrected chi connectivity index (χ0v) is 8.73. The van der Waals surface area contributed by atoms with Crippen LogP contribution < -0.4 is 5.32 Å². The van der Waals surface area contributed by atoms with Crippen LogP contribution in [0.3, 0.4) is 0 Å². The van der Waals surface area contributed by atoms with Crippen molar-refractivity contribution < 1.29 is 0 Å². The molecule has 0 radical (unpaired) electrons. The molecule has 1 aromatic rings. The molecule has 2 rings (SSSR count). The van der Waals surface area contributed by atoms with Gasteiger partial charge in [-0.1, -0.05) is 0 Å². The van der Waals surface area contributed by atoms with Crippen molar-refractivity contribution in [3.8, 4) is 0 Å². The molecular weight excluding hydrogens is 182 g/mol. The van der Waals surface area contributed by atoms with Gasteiger partial charge in [0.15, 0.2) is 5.13 Å². The summed E-state index contributed by atoms with van der Waals surface area (Å²) in [6, 6.07) is 0. The van der Waals surface area contributed by atoms with Gasteiger partial charge in [-0.3, -0.25) is 4.90 Å². The molecule has 1 saturated heterocycles. The molecule has 1 fully saturated rings. The fraction of sp³-hybridized carbons (Fsp3) is 0.667. The first kappa shape index (κ1) is 8.97. The lowest BCUT2D eigenvalue weighted by Crippen LogP contribution is -2.17. The van der Waals surface area contributed by atoms with E-state index in [-0.39, 0.29) is 0 Å². The molecule has 0 aromatic carbocycles. The lowest BCUT2D eigenvalue weighted by atomic mass is 10.4. The summed E-state index contributed by atoms with van der Waals surface area (Å²) in [7, 11) is 1.92. The van der Waals surface area contributed by atoms with Crippen molar-refractivity contribution in [2.75, 3.05) is 25.5 Å². The summed E-state index contributed by atoms with van der Waals surface area (Å²) in [5.74, 6) is 0. The van der Waals surface area contributed by atoms with Crippen LogP contribution in [0.15, 0.2) is 6.20 Å². The monoisotopic (exact) mass is 197 g/mol. The fourth-order valence-corrected chi connectivity index (χ4v) is 2.47. The Morgan fingerprint density at radius 3 is 2.92 bits per heavy atom. The Bertz CT molecular complexity index is 266. The Balaban J connectivity index is 1.92. The molecule has 1 aromatic heterocycles. The second-order valence-corrected chi connectivity index (χ2v) is 4.48. The van der Waals surface area contributed by atoms with Gasteiger partial charge in [-0.25, -0.2) is 4.98 Å². The second-order valence-electron chi connectivity index (χ2n) is 3.36. The minimum absolute atomic E-state index is 1.02. The third kappa shape index (κ3) is 2.19. The average Bonchev–Trinajstić information content (AvgIpc) is 2.76. The van der Waals surface area contributed by atoms with E-state index in [1.807, 2.05) is 13.2 Å². The summed E-state index contributed by atoms with van der Waals surface area (Å²) in [6.07, 6.45) is 4.70. The number of likely N-dealkylation sites (tertiary alicyclic amines) is 1. The largest absolute Gasteiger partial charge is 0.365 e. The van der Waals surface area contributed by atoms with Gasteiger partial charge in [-0.15, -0.1) is 11.3 Å². The van der Waals surface area contributed by atoms with Crippen molar-refractivity contribution in [3.05, 3.63) is 11.1 Å². The molecule has 0 atom stereocenters. The minimum atomic E-state index is 1.02. The molecule has 1 aliphatic rings. The molecule has 72 valence electrons. The molecule has 4 heteroatoms. The highest BCUT2D eigenvalue weighted by Crippen LogP contribution is 2.20. The summed E-state index contributed by atoms with van der Waals surface area (Å²) in [4.78, 5) is 8.12. The molecule has 0 spiro atoms. The molecule has 0 unspecified atom stereocenters. The van der Waals surface area contributed by atoms with Crippen LogP contribution in [0.25, 0.3) is 0 Å². The SMILES string of the molecule is CNc1ncc(CN2CCCC2)s1. The van der Waals surface area contributed by atoms with Gasteiger partial charge in [0.2, 0.25) is 0 Å². The summed E-state index contributed by atoms with van der Waals surface area (Å²) in [5, 5.41) is 4.08. The van der Waals surface area contributed by atoms with E-state index < -0.39 is 0 Å². The van der Waals surface area contributed by atoms with E-state index in [2.05, 4.69) is 15.2 Å². The molecular formula is C9H15N3S. The van der Waals surface area contributed by atoms with Gasteiger partial charge in [0.1, 0.15) is 0 Å². The predicted octanol–water partition coefficient (Wildman–Crippen LogP) is 1.78. The second kappa shape index (κ2) is 4.07. The van der Waals surface area contributed by atoms with Crippen LogP contribution >= 0.6 is 11.3 Å². The lowest BCUT2D eigenvalue weighted by molar-refractivity contribution is 0.334. The molecule has 2 heterocycles. The van der Waals surface area contributed by atoms with Crippen molar-refractivity contribution >= 4 is 16.5 Å². The maximum Gasteiger partial charge on any atom is 0.182 e. The first-order valence-electron chi connectivity index (χ1n) is 4.73. The van der Waals surface area contributed by atoms with E-state index in [1.54, 1.807) is 11.3 Å². The Kier molecular flexibility index (Phi) is 2.80. The summed E-state index contributed by atoms with van der Waals surface area (Å²) >= 11 is 1.76. The van der Waals surface area contributed by atoms with Gasteiger partial charge in [0.25, 0.3) is 0 Å². The molecule has 13 heavy (non-hydrogen) atoms. The van der Waals surface area contributed by atoms with Crippen LogP contribution in [0, 0.1) is 0 Å². The van der Waals surface area contributed by atoms with E-state index in [4.69, 9.17) is 0 Å². The third-order valence-electron chi connectivity index (χ3n) is 2.35. The number of hydrogen-bond acceptors (Lipinski definition) is 4. The number of anilines is 1. The smallest absolute Gasteiger partial charge is 0.182 e. The average molecular weight is 197 g/mol. The van der Waals surface area contributed by atoms with Gasteiger partial charge in [-0.05, 0) is 25.9 Å². The van der Waals surface area contributed by atoms with Crippen LogP contribution in [-0.2, 0) is 6.54 Å². The van der Waals surface area contributed by atoms with Crippen molar-refractivity contribution in [2.45, 2.75) is 19.4 Å². The van der Waals surface area contributed by atoms with Crippen LogP contribution in [0.5, 0.6) is 0 Å². The van der Waals surface area contributed by atoms with Crippen molar-refractivity contribution in [1.82, 2.24) is 9.88 Å². The minimum Gasteiger partial charge on any atom is -0.365 e.